The molecule has 0 saturated carbocycles. The molecule has 0 bridgehead atoms. The molecule has 1 heterocycles. The first-order valence-electron chi connectivity index (χ1n) is 6.49. The number of benzene rings is 1. The van der Waals surface area contributed by atoms with Crippen molar-refractivity contribution in [3.8, 4) is 0 Å². The van der Waals surface area contributed by atoms with E-state index >= 15 is 0 Å². The molecular weight excluding hydrogens is 280 g/mol. The van der Waals surface area contributed by atoms with Crippen LogP contribution in [0.1, 0.15) is 10.4 Å². The maximum atomic E-state index is 12.0. The summed E-state index contributed by atoms with van der Waals surface area (Å²) in [5.41, 5.74) is 0.290. The molecule has 116 valence electrons. The molecule has 21 heavy (non-hydrogen) atoms. The van der Waals surface area contributed by atoms with Crippen molar-refractivity contribution in [2.75, 3.05) is 13.7 Å². The number of carbonyl (C=O) groups is 1. The summed E-state index contributed by atoms with van der Waals surface area (Å²) in [6.07, 6.45) is -6.08. The van der Waals surface area contributed by atoms with Crippen molar-refractivity contribution in [1.82, 2.24) is 0 Å². The third kappa shape index (κ3) is 3.39. The molecule has 0 spiro atoms. The third-order valence-electron chi connectivity index (χ3n) is 3.31. The van der Waals surface area contributed by atoms with Gasteiger partial charge in [-0.1, -0.05) is 18.2 Å². The number of methoxy groups -OCH3 is 1. The second-order valence-corrected chi connectivity index (χ2v) is 4.68. The van der Waals surface area contributed by atoms with Crippen molar-refractivity contribution in [3.05, 3.63) is 35.9 Å². The van der Waals surface area contributed by atoms with E-state index in [0.717, 1.165) is 0 Å². The average molecular weight is 298 g/mol. The monoisotopic (exact) mass is 298 g/mol. The fraction of sp³-hybridized carbons (Fsp3) is 0.500. The Hall–Kier alpha value is -1.51. The predicted octanol–water partition coefficient (Wildman–Crippen LogP) is -0.703. The number of aliphatic hydroxyl groups is 3. The van der Waals surface area contributed by atoms with Crippen LogP contribution in [0.15, 0.2) is 30.3 Å². The lowest BCUT2D eigenvalue weighted by Crippen LogP contribution is -2.60. The molecule has 0 aromatic heterocycles. The van der Waals surface area contributed by atoms with Crippen LogP contribution in [-0.2, 0) is 14.2 Å². The highest BCUT2D eigenvalue weighted by Gasteiger charge is 2.46. The lowest BCUT2D eigenvalue weighted by Gasteiger charge is -2.40. The van der Waals surface area contributed by atoms with Gasteiger partial charge in [-0.05, 0) is 12.1 Å². The highest BCUT2D eigenvalue weighted by atomic mass is 16.7. The van der Waals surface area contributed by atoms with E-state index in [1.165, 1.54) is 7.11 Å². The molecule has 0 radical (unpaired) electrons. The number of carbonyl (C=O) groups excluding carboxylic acids is 1. The zero-order chi connectivity index (χ0) is 15.4. The van der Waals surface area contributed by atoms with Gasteiger partial charge in [0.15, 0.2) is 12.4 Å². The van der Waals surface area contributed by atoms with Crippen molar-refractivity contribution in [1.29, 1.82) is 0 Å². The van der Waals surface area contributed by atoms with Crippen LogP contribution < -0.4 is 0 Å². The minimum absolute atomic E-state index is 0.290. The van der Waals surface area contributed by atoms with Crippen molar-refractivity contribution in [3.63, 3.8) is 0 Å². The summed E-state index contributed by atoms with van der Waals surface area (Å²) >= 11 is 0. The Bertz CT molecular complexity index is 448. The summed E-state index contributed by atoms with van der Waals surface area (Å²) in [5.74, 6) is -0.688. The zero-order valence-corrected chi connectivity index (χ0v) is 11.5. The van der Waals surface area contributed by atoms with Crippen molar-refractivity contribution in [2.45, 2.75) is 30.7 Å². The molecule has 0 aliphatic carbocycles. The maximum Gasteiger partial charge on any atom is 0.338 e. The third-order valence-corrected chi connectivity index (χ3v) is 3.31. The molecule has 1 aromatic rings. The van der Waals surface area contributed by atoms with E-state index in [0.29, 0.717) is 0 Å². The van der Waals surface area contributed by atoms with Gasteiger partial charge in [0.2, 0.25) is 0 Å². The van der Waals surface area contributed by atoms with Crippen LogP contribution in [0.4, 0.5) is 0 Å². The molecule has 3 N–H and O–H groups in total. The first kappa shape index (κ1) is 15.9. The molecule has 1 saturated heterocycles. The van der Waals surface area contributed by atoms with Crippen molar-refractivity contribution >= 4 is 5.97 Å². The first-order chi connectivity index (χ1) is 10.1. The summed E-state index contributed by atoms with van der Waals surface area (Å²) in [7, 11) is 1.30. The smallest absolute Gasteiger partial charge is 0.338 e. The van der Waals surface area contributed by atoms with E-state index in [1.807, 2.05) is 0 Å². The lowest BCUT2D eigenvalue weighted by molar-refractivity contribution is -0.293. The number of hydrogen-bond acceptors (Lipinski definition) is 7. The zero-order valence-electron chi connectivity index (χ0n) is 11.5. The van der Waals surface area contributed by atoms with Crippen LogP contribution in [0.3, 0.4) is 0 Å². The Labute approximate surface area is 121 Å². The van der Waals surface area contributed by atoms with Gasteiger partial charge in [-0.25, -0.2) is 4.79 Å². The van der Waals surface area contributed by atoms with Gasteiger partial charge in [-0.2, -0.15) is 0 Å². The Balaban J connectivity index is 2.13. The standard InChI is InChI=1S/C14H18O7/c1-19-14-11(17)12(10(16)9(7-15)20-14)21-13(18)8-5-3-2-4-6-8/h2-6,9-12,14-17H,7H2,1H3. The highest BCUT2D eigenvalue weighted by molar-refractivity contribution is 5.89. The minimum atomic E-state index is -1.36. The van der Waals surface area contributed by atoms with Gasteiger partial charge in [0, 0.05) is 7.11 Å². The van der Waals surface area contributed by atoms with E-state index in [4.69, 9.17) is 19.3 Å². The largest absolute Gasteiger partial charge is 0.453 e. The van der Waals surface area contributed by atoms with Gasteiger partial charge in [0.1, 0.15) is 18.3 Å². The summed E-state index contributed by atoms with van der Waals surface area (Å²) in [6.45, 7) is -0.493. The van der Waals surface area contributed by atoms with Crippen molar-refractivity contribution in [2.24, 2.45) is 0 Å². The van der Waals surface area contributed by atoms with Gasteiger partial charge in [-0.3, -0.25) is 0 Å². The highest BCUT2D eigenvalue weighted by Crippen LogP contribution is 2.24. The van der Waals surface area contributed by atoms with E-state index in [2.05, 4.69) is 0 Å². The lowest BCUT2D eigenvalue weighted by atomic mass is 9.99. The Morgan fingerprint density at radius 2 is 1.90 bits per heavy atom. The van der Waals surface area contributed by atoms with E-state index in [1.54, 1.807) is 30.3 Å². The van der Waals surface area contributed by atoms with Crippen LogP contribution in [-0.4, -0.2) is 65.7 Å². The molecule has 1 aromatic carbocycles. The second kappa shape index (κ2) is 6.97. The van der Waals surface area contributed by atoms with Gasteiger partial charge < -0.3 is 29.5 Å². The Morgan fingerprint density at radius 1 is 1.24 bits per heavy atom. The fourth-order valence-electron chi connectivity index (χ4n) is 2.15. The van der Waals surface area contributed by atoms with Crippen LogP contribution >= 0.6 is 0 Å². The quantitative estimate of drug-likeness (QED) is 0.631. The van der Waals surface area contributed by atoms with Gasteiger partial charge in [0.05, 0.1) is 12.2 Å². The topological polar surface area (TPSA) is 105 Å². The van der Waals surface area contributed by atoms with Crippen LogP contribution in [0.25, 0.3) is 0 Å². The van der Waals surface area contributed by atoms with E-state index in [-0.39, 0.29) is 5.56 Å². The predicted molar refractivity (Wildman–Crippen MR) is 70.4 cm³/mol. The van der Waals surface area contributed by atoms with Gasteiger partial charge in [-0.15, -0.1) is 0 Å². The molecule has 1 fully saturated rings. The molecule has 5 atom stereocenters. The van der Waals surface area contributed by atoms with E-state index < -0.39 is 43.3 Å². The summed E-state index contributed by atoms with van der Waals surface area (Å²) in [6, 6.07) is 8.19. The first-order valence-corrected chi connectivity index (χ1v) is 6.49. The number of esters is 1. The molecule has 2 rings (SSSR count). The maximum absolute atomic E-state index is 12.0. The van der Waals surface area contributed by atoms with Crippen LogP contribution in [0.2, 0.25) is 0 Å². The normalized spacial score (nSPS) is 32.7. The molecule has 0 amide bonds. The second-order valence-electron chi connectivity index (χ2n) is 4.68. The fourth-order valence-corrected chi connectivity index (χ4v) is 2.15. The Morgan fingerprint density at radius 3 is 2.48 bits per heavy atom. The van der Waals surface area contributed by atoms with Gasteiger partial charge >= 0.3 is 5.97 Å². The number of hydrogen-bond donors (Lipinski definition) is 3. The van der Waals surface area contributed by atoms with Crippen LogP contribution in [0, 0.1) is 0 Å². The summed E-state index contributed by atoms with van der Waals surface area (Å²) in [5, 5.41) is 29.2. The molecule has 7 heteroatoms. The minimum Gasteiger partial charge on any atom is -0.453 e. The molecular formula is C14H18O7. The van der Waals surface area contributed by atoms with E-state index in [9.17, 15) is 15.0 Å². The molecule has 1 aliphatic rings. The van der Waals surface area contributed by atoms with Crippen LogP contribution in [0.5, 0.6) is 0 Å². The number of rotatable bonds is 4. The SMILES string of the molecule is COC1OC(CO)C(O)C(OC(=O)c2ccccc2)C1O. The van der Waals surface area contributed by atoms with Gasteiger partial charge in [0.25, 0.3) is 0 Å². The molecule has 7 nitrogen and oxygen atoms in total. The summed E-state index contributed by atoms with van der Waals surface area (Å²) < 4.78 is 15.2. The Kier molecular flexibility index (Phi) is 5.27. The average Bonchev–Trinajstić information content (AvgIpc) is 2.52. The molecule has 1 aliphatic heterocycles. The summed E-state index contributed by atoms with van der Waals surface area (Å²) in [4.78, 5) is 12.0. The molecule has 5 unspecified atom stereocenters. The van der Waals surface area contributed by atoms with Crippen molar-refractivity contribution < 1.29 is 34.3 Å². The number of aliphatic hydroxyl groups excluding tert-OH is 3. The number of ether oxygens (including phenoxy) is 3.